The first-order valence-electron chi connectivity index (χ1n) is 8.06. The number of carbonyl (C=O) groups excluding carboxylic acids is 1. The molecule has 126 valence electrons. The summed E-state index contributed by atoms with van der Waals surface area (Å²) >= 11 is 0. The van der Waals surface area contributed by atoms with Crippen molar-refractivity contribution in [2.75, 3.05) is 12.1 Å². The summed E-state index contributed by atoms with van der Waals surface area (Å²) in [5.74, 6) is 1.52. The zero-order chi connectivity index (χ0) is 17.1. The summed E-state index contributed by atoms with van der Waals surface area (Å²) in [6, 6.07) is 14.2. The average Bonchev–Trinajstić information content (AvgIpc) is 3.02. The molecular weight excluding hydrogens is 304 g/mol. The van der Waals surface area contributed by atoms with Crippen LogP contribution in [0.4, 0.5) is 5.69 Å². The summed E-state index contributed by atoms with van der Waals surface area (Å²) < 4.78 is 10.8. The lowest BCUT2D eigenvalue weighted by atomic mass is 10.0. The van der Waals surface area contributed by atoms with E-state index in [2.05, 4.69) is 30.5 Å². The third-order valence-corrected chi connectivity index (χ3v) is 4.10. The van der Waals surface area contributed by atoms with E-state index >= 15 is 0 Å². The van der Waals surface area contributed by atoms with Crippen LogP contribution >= 0.6 is 0 Å². The highest BCUT2D eigenvalue weighted by atomic mass is 16.7. The van der Waals surface area contributed by atoms with Crippen molar-refractivity contribution >= 4 is 11.6 Å². The minimum atomic E-state index is -0.0681. The Hall–Kier alpha value is -2.53. The van der Waals surface area contributed by atoms with E-state index in [1.54, 1.807) is 0 Å². The molecule has 3 rings (SSSR count). The number of benzene rings is 2. The molecule has 0 fully saturated rings. The van der Waals surface area contributed by atoms with Gasteiger partial charge >= 0.3 is 0 Å². The van der Waals surface area contributed by atoms with Crippen LogP contribution in [0.2, 0.25) is 0 Å². The maximum atomic E-state index is 11.2. The lowest BCUT2D eigenvalue weighted by Crippen LogP contribution is -2.22. The van der Waals surface area contributed by atoms with Gasteiger partial charge in [0.05, 0.1) is 0 Å². The SMILES string of the molecule is CC(=O)Nc1cccc(C(C)NC(C)c2ccc3c(c2)OCO3)c1. The Bertz CT molecular complexity index is 745. The summed E-state index contributed by atoms with van der Waals surface area (Å²) in [4.78, 5) is 11.2. The predicted molar refractivity (Wildman–Crippen MR) is 93.3 cm³/mol. The first kappa shape index (κ1) is 16.3. The Morgan fingerprint density at radius 1 is 1.00 bits per heavy atom. The van der Waals surface area contributed by atoms with E-state index in [1.165, 1.54) is 6.92 Å². The van der Waals surface area contributed by atoms with Gasteiger partial charge in [-0.1, -0.05) is 18.2 Å². The van der Waals surface area contributed by atoms with Crippen molar-refractivity contribution in [1.29, 1.82) is 0 Å². The fourth-order valence-electron chi connectivity index (χ4n) is 2.84. The van der Waals surface area contributed by atoms with Crippen molar-refractivity contribution in [3.05, 3.63) is 53.6 Å². The molecule has 5 heteroatoms. The van der Waals surface area contributed by atoms with E-state index in [0.29, 0.717) is 0 Å². The van der Waals surface area contributed by atoms with E-state index in [1.807, 2.05) is 36.4 Å². The highest BCUT2D eigenvalue weighted by Gasteiger charge is 2.17. The number of hydrogen-bond donors (Lipinski definition) is 2. The minimum Gasteiger partial charge on any atom is -0.454 e. The first-order chi connectivity index (χ1) is 11.5. The van der Waals surface area contributed by atoms with Gasteiger partial charge in [-0.2, -0.15) is 0 Å². The number of hydrogen-bond acceptors (Lipinski definition) is 4. The molecule has 2 N–H and O–H groups in total. The molecule has 2 unspecified atom stereocenters. The lowest BCUT2D eigenvalue weighted by Gasteiger charge is -2.21. The molecule has 1 aliphatic rings. The highest BCUT2D eigenvalue weighted by Crippen LogP contribution is 2.34. The molecule has 2 atom stereocenters. The second-order valence-corrected chi connectivity index (χ2v) is 6.03. The fourth-order valence-corrected chi connectivity index (χ4v) is 2.84. The van der Waals surface area contributed by atoms with E-state index in [9.17, 15) is 4.79 Å². The smallest absolute Gasteiger partial charge is 0.231 e. The van der Waals surface area contributed by atoms with Gasteiger partial charge in [-0.25, -0.2) is 0 Å². The summed E-state index contributed by atoms with van der Waals surface area (Å²) in [7, 11) is 0. The predicted octanol–water partition coefficient (Wildman–Crippen LogP) is 3.79. The molecule has 2 aromatic rings. The molecule has 1 amide bonds. The topological polar surface area (TPSA) is 59.6 Å². The van der Waals surface area contributed by atoms with E-state index in [-0.39, 0.29) is 24.8 Å². The van der Waals surface area contributed by atoms with Gasteiger partial charge in [-0.05, 0) is 49.2 Å². The standard InChI is InChI=1S/C19H22N2O3/c1-12(15-5-4-6-17(9-15)21-14(3)22)20-13(2)16-7-8-18-19(10-16)24-11-23-18/h4-10,12-13,20H,11H2,1-3H3,(H,21,22). The van der Waals surface area contributed by atoms with Gasteiger partial charge in [-0.15, -0.1) is 0 Å². The third-order valence-electron chi connectivity index (χ3n) is 4.10. The van der Waals surface area contributed by atoms with E-state index in [4.69, 9.17) is 9.47 Å². The molecular formula is C19H22N2O3. The van der Waals surface area contributed by atoms with Crippen LogP contribution in [0.3, 0.4) is 0 Å². The van der Waals surface area contributed by atoms with Crippen LogP contribution in [0.25, 0.3) is 0 Å². The van der Waals surface area contributed by atoms with Crippen molar-refractivity contribution < 1.29 is 14.3 Å². The Morgan fingerprint density at radius 3 is 2.46 bits per heavy atom. The molecule has 0 radical (unpaired) electrons. The van der Waals surface area contributed by atoms with Crippen molar-refractivity contribution in [3.63, 3.8) is 0 Å². The fraction of sp³-hybridized carbons (Fsp3) is 0.316. The van der Waals surface area contributed by atoms with Crippen molar-refractivity contribution in [1.82, 2.24) is 5.32 Å². The van der Waals surface area contributed by atoms with Crippen LogP contribution in [0.5, 0.6) is 11.5 Å². The third kappa shape index (κ3) is 3.68. The molecule has 1 heterocycles. The van der Waals surface area contributed by atoms with Crippen molar-refractivity contribution in [3.8, 4) is 11.5 Å². The van der Waals surface area contributed by atoms with Gasteiger partial charge < -0.3 is 20.1 Å². The monoisotopic (exact) mass is 326 g/mol. The van der Waals surface area contributed by atoms with Crippen LogP contribution in [-0.2, 0) is 4.79 Å². The summed E-state index contributed by atoms with van der Waals surface area (Å²) in [5, 5.41) is 6.39. The molecule has 0 aliphatic carbocycles. The van der Waals surface area contributed by atoms with Crippen LogP contribution in [0.1, 0.15) is 44.0 Å². The van der Waals surface area contributed by atoms with Crippen LogP contribution in [0.15, 0.2) is 42.5 Å². The van der Waals surface area contributed by atoms with Gasteiger partial charge in [-0.3, -0.25) is 4.79 Å². The van der Waals surface area contributed by atoms with Crippen LogP contribution in [-0.4, -0.2) is 12.7 Å². The minimum absolute atomic E-state index is 0.0681. The number of rotatable bonds is 5. The average molecular weight is 326 g/mol. The highest BCUT2D eigenvalue weighted by molar-refractivity contribution is 5.88. The molecule has 0 saturated heterocycles. The van der Waals surface area contributed by atoms with Gasteiger partial charge in [0.2, 0.25) is 12.7 Å². The van der Waals surface area contributed by atoms with Crippen molar-refractivity contribution in [2.45, 2.75) is 32.9 Å². The number of anilines is 1. The van der Waals surface area contributed by atoms with E-state index in [0.717, 1.165) is 28.3 Å². The molecule has 1 aliphatic heterocycles. The lowest BCUT2D eigenvalue weighted by molar-refractivity contribution is -0.114. The van der Waals surface area contributed by atoms with Gasteiger partial charge in [0.25, 0.3) is 0 Å². The second-order valence-electron chi connectivity index (χ2n) is 6.03. The molecule has 2 aromatic carbocycles. The Labute approximate surface area is 142 Å². The first-order valence-corrected chi connectivity index (χ1v) is 8.06. The molecule has 0 aromatic heterocycles. The molecule has 0 bridgehead atoms. The van der Waals surface area contributed by atoms with Gasteiger partial charge in [0.15, 0.2) is 11.5 Å². The summed E-state index contributed by atoms with van der Waals surface area (Å²) in [5.41, 5.74) is 3.07. The van der Waals surface area contributed by atoms with Gasteiger partial charge in [0.1, 0.15) is 0 Å². The number of amides is 1. The normalized spacial score (nSPS) is 15.0. The molecule has 24 heavy (non-hydrogen) atoms. The zero-order valence-corrected chi connectivity index (χ0v) is 14.1. The Kier molecular flexibility index (Phi) is 4.71. The van der Waals surface area contributed by atoms with Gasteiger partial charge in [0, 0.05) is 24.7 Å². The van der Waals surface area contributed by atoms with Crippen molar-refractivity contribution in [2.24, 2.45) is 0 Å². The van der Waals surface area contributed by atoms with Crippen LogP contribution < -0.4 is 20.1 Å². The molecule has 0 spiro atoms. The largest absolute Gasteiger partial charge is 0.454 e. The van der Waals surface area contributed by atoms with E-state index < -0.39 is 0 Å². The quantitative estimate of drug-likeness (QED) is 0.878. The summed E-state index contributed by atoms with van der Waals surface area (Å²) in [6.45, 7) is 6.02. The number of ether oxygens (including phenoxy) is 2. The number of nitrogens with one attached hydrogen (secondary N) is 2. The zero-order valence-electron chi connectivity index (χ0n) is 14.1. The Balaban J connectivity index is 1.69. The maximum absolute atomic E-state index is 11.2. The number of fused-ring (bicyclic) bond motifs is 1. The number of carbonyl (C=O) groups is 1. The summed E-state index contributed by atoms with van der Waals surface area (Å²) in [6.07, 6.45) is 0. The Morgan fingerprint density at radius 2 is 1.71 bits per heavy atom. The maximum Gasteiger partial charge on any atom is 0.231 e. The second kappa shape index (κ2) is 6.93. The molecule has 5 nitrogen and oxygen atoms in total. The van der Waals surface area contributed by atoms with Crippen LogP contribution in [0, 0.1) is 0 Å². The molecule has 0 saturated carbocycles.